The molecule has 3 rings (SSSR count). The minimum absolute atomic E-state index is 0.173. The fourth-order valence-electron chi connectivity index (χ4n) is 2.39. The maximum absolute atomic E-state index is 12.4. The lowest BCUT2D eigenvalue weighted by Gasteiger charge is -2.20. The maximum Gasteiger partial charge on any atom is 0.352 e. The Labute approximate surface area is 153 Å². The van der Waals surface area contributed by atoms with Crippen LogP contribution in [0.2, 0.25) is 0 Å². The highest BCUT2D eigenvalue weighted by Gasteiger charge is 2.32. The highest BCUT2D eigenvalue weighted by Crippen LogP contribution is 2.49. The van der Waals surface area contributed by atoms with Gasteiger partial charge in [-0.25, -0.2) is 4.98 Å². The molecule has 1 amide bonds. The second-order valence-electron chi connectivity index (χ2n) is 5.57. The Morgan fingerprint density at radius 1 is 1.07 bits per heavy atom. The van der Waals surface area contributed by atoms with Crippen molar-refractivity contribution in [3.63, 3.8) is 0 Å². The summed E-state index contributed by atoms with van der Waals surface area (Å²) in [6.45, 7) is 0. The van der Waals surface area contributed by atoms with E-state index in [-0.39, 0.29) is 17.0 Å². The number of aromatic amines is 1. The molecule has 138 valence electrons. The topological polar surface area (TPSA) is 145 Å². The number of benzene rings is 1. The highest BCUT2D eigenvalue weighted by molar-refractivity contribution is 7.52. The number of nitrogens with one attached hydrogen (secondary N) is 2. The van der Waals surface area contributed by atoms with Gasteiger partial charge in [0, 0.05) is 12.4 Å². The van der Waals surface area contributed by atoms with Crippen molar-refractivity contribution >= 4 is 13.5 Å². The van der Waals surface area contributed by atoms with Crippen LogP contribution in [-0.4, -0.2) is 30.6 Å². The maximum atomic E-state index is 12.4. The lowest BCUT2D eigenvalue weighted by molar-refractivity contribution is 0.0941. The van der Waals surface area contributed by atoms with E-state index < -0.39 is 24.8 Å². The lowest BCUT2D eigenvalue weighted by Crippen LogP contribution is -2.33. The number of amides is 1. The quantitative estimate of drug-likeness (QED) is 0.485. The second kappa shape index (κ2) is 7.63. The van der Waals surface area contributed by atoms with Crippen molar-refractivity contribution in [3.8, 4) is 11.5 Å². The van der Waals surface area contributed by atoms with Crippen molar-refractivity contribution in [3.05, 3.63) is 82.4 Å². The number of hydrogen-bond acceptors (Lipinski definition) is 5. The number of carbonyl (C=O) groups excluding carboxylic acids is 1. The van der Waals surface area contributed by atoms with Gasteiger partial charge in [-0.05, 0) is 17.7 Å². The van der Waals surface area contributed by atoms with Crippen LogP contribution >= 0.6 is 7.60 Å². The summed E-state index contributed by atoms with van der Waals surface area (Å²) in [5.41, 5.74) is -0.489. The van der Waals surface area contributed by atoms with Gasteiger partial charge >= 0.3 is 7.60 Å². The van der Waals surface area contributed by atoms with E-state index in [0.717, 1.165) is 6.20 Å². The summed E-state index contributed by atoms with van der Waals surface area (Å²) in [7, 11) is -4.72. The monoisotopic (exact) mass is 386 g/mol. The minimum atomic E-state index is -4.72. The van der Waals surface area contributed by atoms with Crippen molar-refractivity contribution < 1.29 is 19.1 Å². The summed E-state index contributed by atoms with van der Waals surface area (Å²) in [5, 5.41) is 2.21. The molecule has 1 unspecified atom stereocenters. The molecule has 0 aliphatic rings. The molecule has 0 saturated carbocycles. The SMILES string of the molecule is O=C(NC(c1ccccc1)P(=O)(O)O)c1cnc(-c2ccccn2)[nH]c1=O. The molecular weight excluding hydrogens is 371 g/mol. The fourth-order valence-corrected chi connectivity index (χ4v) is 3.23. The molecule has 0 fully saturated rings. The third-order valence-electron chi connectivity index (χ3n) is 3.67. The van der Waals surface area contributed by atoms with Crippen LogP contribution in [0.3, 0.4) is 0 Å². The molecular formula is C17H15N4O5P. The van der Waals surface area contributed by atoms with Crippen molar-refractivity contribution in [1.29, 1.82) is 0 Å². The Hall–Kier alpha value is -3.13. The molecule has 9 nitrogen and oxygen atoms in total. The minimum Gasteiger partial charge on any atom is -0.334 e. The number of nitrogens with zero attached hydrogens (tertiary/aromatic N) is 2. The van der Waals surface area contributed by atoms with Crippen LogP contribution in [0.4, 0.5) is 0 Å². The molecule has 2 heterocycles. The van der Waals surface area contributed by atoms with Crippen molar-refractivity contribution in [2.24, 2.45) is 0 Å². The number of rotatable bonds is 5. The van der Waals surface area contributed by atoms with Gasteiger partial charge in [0.15, 0.2) is 11.6 Å². The van der Waals surface area contributed by atoms with E-state index in [9.17, 15) is 23.9 Å². The lowest BCUT2D eigenvalue weighted by atomic mass is 10.2. The molecule has 27 heavy (non-hydrogen) atoms. The zero-order valence-electron chi connectivity index (χ0n) is 13.8. The van der Waals surface area contributed by atoms with Crippen molar-refractivity contribution in [2.75, 3.05) is 0 Å². The van der Waals surface area contributed by atoms with Gasteiger partial charge in [0.05, 0.1) is 0 Å². The molecule has 10 heteroatoms. The van der Waals surface area contributed by atoms with Gasteiger partial charge in [-0.3, -0.25) is 19.1 Å². The first kappa shape index (κ1) is 18.7. The predicted molar refractivity (Wildman–Crippen MR) is 96.8 cm³/mol. The summed E-state index contributed by atoms with van der Waals surface area (Å²) in [4.78, 5) is 54.3. The van der Waals surface area contributed by atoms with Gasteiger partial charge < -0.3 is 20.1 Å². The Bertz CT molecular complexity index is 1050. The number of aromatic nitrogens is 3. The van der Waals surface area contributed by atoms with E-state index in [2.05, 4.69) is 20.3 Å². The van der Waals surface area contributed by atoms with Gasteiger partial charge in [-0.2, -0.15) is 0 Å². The van der Waals surface area contributed by atoms with Crippen LogP contribution in [0.15, 0.2) is 65.7 Å². The third-order valence-corrected chi connectivity index (χ3v) is 4.77. The Balaban J connectivity index is 1.89. The van der Waals surface area contributed by atoms with Crippen molar-refractivity contribution in [1.82, 2.24) is 20.3 Å². The number of carbonyl (C=O) groups is 1. The van der Waals surface area contributed by atoms with Crippen molar-refractivity contribution in [2.45, 2.75) is 5.78 Å². The fraction of sp³-hybridized carbons (Fsp3) is 0.0588. The van der Waals surface area contributed by atoms with Crippen LogP contribution in [0.25, 0.3) is 11.5 Å². The highest BCUT2D eigenvalue weighted by atomic mass is 31.2. The largest absolute Gasteiger partial charge is 0.352 e. The van der Waals surface area contributed by atoms with E-state index >= 15 is 0 Å². The van der Waals surface area contributed by atoms with Gasteiger partial charge in [-0.15, -0.1) is 0 Å². The first-order valence-corrected chi connectivity index (χ1v) is 9.46. The average Bonchev–Trinajstić information content (AvgIpc) is 2.66. The molecule has 0 bridgehead atoms. The average molecular weight is 386 g/mol. The first-order valence-electron chi connectivity index (χ1n) is 7.78. The Morgan fingerprint density at radius 3 is 2.37 bits per heavy atom. The van der Waals surface area contributed by atoms with Gasteiger partial charge in [0.25, 0.3) is 11.5 Å². The molecule has 0 spiro atoms. The molecule has 0 aliphatic heterocycles. The van der Waals surface area contributed by atoms with Gasteiger partial charge in [-0.1, -0.05) is 36.4 Å². The molecule has 2 aromatic heterocycles. The van der Waals surface area contributed by atoms with Crippen LogP contribution in [-0.2, 0) is 4.57 Å². The smallest absolute Gasteiger partial charge is 0.334 e. The standard InChI is InChI=1S/C17H15N4O5P/c22-15-12(10-19-14(20-15)13-8-4-5-9-18-13)16(23)21-17(27(24,25)26)11-6-2-1-3-7-11/h1-10,17H,(H,21,23)(H,19,20,22)(H2,24,25,26). The molecule has 0 saturated heterocycles. The molecule has 0 aliphatic carbocycles. The van der Waals surface area contributed by atoms with Crippen LogP contribution < -0.4 is 10.9 Å². The van der Waals surface area contributed by atoms with Gasteiger partial charge in [0.1, 0.15) is 11.3 Å². The summed E-state index contributed by atoms with van der Waals surface area (Å²) in [6.07, 6.45) is 2.57. The van der Waals surface area contributed by atoms with E-state index in [0.29, 0.717) is 5.69 Å². The molecule has 0 radical (unpaired) electrons. The Morgan fingerprint density at radius 2 is 1.78 bits per heavy atom. The summed E-state index contributed by atoms with van der Waals surface area (Å²) < 4.78 is 11.8. The van der Waals surface area contributed by atoms with Gasteiger partial charge in [0.2, 0.25) is 0 Å². The number of hydrogen-bond donors (Lipinski definition) is 4. The molecule has 1 aromatic carbocycles. The normalized spacial score (nSPS) is 12.4. The van der Waals surface area contributed by atoms with E-state index in [1.807, 2.05) is 0 Å². The van der Waals surface area contributed by atoms with E-state index in [1.165, 1.54) is 18.3 Å². The molecule has 3 aromatic rings. The second-order valence-corrected chi connectivity index (χ2v) is 7.26. The molecule has 4 N–H and O–H groups in total. The predicted octanol–water partition coefficient (Wildman–Crippen LogP) is 1.44. The van der Waals surface area contributed by atoms with Crippen LogP contribution in [0.1, 0.15) is 21.7 Å². The zero-order chi connectivity index (χ0) is 19.4. The summed E-state index contributed by atoms with van der Waals surface area (Å²) >= 11 is 0. The number of H-pyrrole nitrogens is 1. The third kappa shape index (κ3) is 4.35. The zero-order valence-corrected chi connectivity index (χ0v) is 14.7. The van der Waals surface area contributed by atoms with E-state index in [1.54, 1.807) is 36.4 Å². The van der Waals surface area contributed by atoms with E-state index in [4.69, 9.17) is 0 Å². The Kier molecular flexibility index (Phi) is 5.27. The van der Waals surface area contributed by atoms with Crippen LogP contribution in [0.5, 0.6) is 0 Å². The first-order chi connectivity index (χ1) is 12.9. The summed E-state index contributed by atoms with van der Waals surface area (Å²) in [5.74, 6) is -2.36. The number of pyridine rings is 1. The van der Waals surface area contributed by atoms with Crippen LogP contribution in [0, 0.1) is 0 Å². The summed E-state index contributed by atoms with van der Waals surface area (Å²) in [6, 6.07) is 12.8. The molecule has 1 atom stereocenters.